The number of alkyl halides is 3. The number of nitrogens with one attached hydrogen (secondary N) is 3. The van der Waals surface area contributed by atoms with E-state index in [1.165, 1.54) is 13.8 Å². The van der Waals surface area contributed by atoms with Gasteiger partial charge < -0.3 is 117 Å². The summed E-state index contributed by atoms with van der Waals surface area (Å²) in [6.45, 7) is 40.9. The fourth-order valence-electron chi connectivity index (χ4n) is 13.0. The Morgan fingerprint density at radius 3 is 0.966 bits per heavy atom. The van der Waals surface area contributed by atoms with Gasteiger partial charge in [-0.15, -0.1) is 0 Å². The van der Waals surface area contributed by atoms with E-state index in [-0.39, 0.29) is 217 Å². The van der Waals surface area contributed by atoms with Gasteiger partial charge in [-0.05, 0) is 230 Å². The standard InChI is InChI=1S/C30H47NO8.C22H41NO6.C21H38N2O7.C18H23NO8.C8H7ClO2.C2HF3O2.CH3.Pd/c1-27(2,3)37-23(32)15-18-30(19-16-24(33)38-28(4,5)6,20-17-25(34)39-29(7,8)9)31-26(35)36-21-22-13-11-10-12-14-22;1-19(2,3)27-16(24)10-13-22(23,14-11-17(25)28-20(4,5)6)15-12-18(26)29-21(7,8)9;1-14-15(2)20(23-16(3)24)21(30-19(14)13-29-17(4)25)28-12-11-27-10-6-8-18(26)7-5-9-22;20-14(21)6-9-18(10-7-15(22)23,11-8-16(24)25)19-17(26)27-12-13-4-2-1-3-5-13;9-8(10)11-6-7-4-2-1-3-5-7;3-2(4,5)1(6)7;;/h10-14H,15-21H2,1-9H3,(H,31,35);10-15,23H2,1-9H3;14-15,19-21H,5-13,22H2,1-4H3,(H,23,24);1-5H,6-12H2,(H,19,26)(H,20,21)(H,22,23)(H,24,25);1-5H,6H2;(H,6,7);1H3;/q;;;;;;-1;. The van der Waals surface area contributed by atoms with Gasteiger partial charge in [0.05, 0.1) is 25.4 Å². The molecule has 1 aliphatic heterocycles. The second kappa shape index (κ2) is 70.4. The smallest absolute Gasteiger partial charge is 0.481 e. The molecule has 0 bridgehead atoms. The summed E-state index contributed by atoms with van der Waals surface area (Å²) in [7, 11) is 0. The van der Waals surface area contributed by atoms with Crippen molar-refractivity contribution in [3.63, 3.8) is 0 Å². The second-order valence-electron chi connectivity index (χ2n) is 40.1. The molecule has 3 amide bonds. The number of aliphatic carboxylic acids is 4. The third kappa shape index (κ3) is 78.5. The summed E-state index contributed by atoms with van der Waals surface area (Å²) in [6, 6.07) is 27.1. The molecule has 0 saturated carbocycles. The number of halogens is 4. The van der Waals surface area contributed by atoms with E-state index in [4.69, 9.17) is 105 Å². The molecule has 38 nitrogen and oxygen atoms in total. The number of esters is 7. The van der Waals surface area contributed by atoms with Gasteiger partial charge in [-0.2, -0.15) is 13.2 Å². The summed E-state index contributed by atoms with van der Waals surface area (Å²) in [4.78, 5) is 186. The maximum Gasteiger partial charge on any atom is 0.490 e. The number of carbonyl (C=O) groups excluding carboxylic acids is 12. The van der Waals surface area contributed by atoms with Crippen molar-refractivity contribution in [1.82, 2.24) is 16.0 Å². The SMILES string of the molecule is CC(=O)NC1C(OCCOCCCC(=O)CCCN)OC(COC(C)=O)C(C)C1C.CC(C)(C)OC(=O)CCC(CCC(=O)OC(C)(C)C)(CCC(=O)OC(C)(C)C)NC(=O)OCc1ccccc1.CC(C)(C)OC(=O)CCC(N)(CCC(=O)OC(C)(C)C)CCC(=O)OC(C)(C)C.O=C(Cl)OCc1ccccc1.O=C(O)C(F)(F)F.O=C(O)CCC(CCC(=O)O)(CCC(=O)O)NC(=O)OCc1ccccc1.[CH3-].[Pd]. The maximum absolute atomic E-state index is 13.0. The summed E-state index contributed by atoms with van der Waals surface area (Å²) in [6.07, 6.45) is -5.18. The van der Waals surface area contributed by atoms with E-state index in [1.54, 1.807) is 155 Å². The number of Topliss-reactive ketones (excluding diaryl/α,β-unsaturated/α-hetero) is 1. The van der Waals surface area contributed by atoms with Gasteiger partial charge in [0.15, 0.2) is 6.29 Å². The zero-order valence-electron chi connectivity index (χ0n) is 88.4. The number of carboxylic acids is 4. The molecule has 0 radical (unpaired) electrons. The average Bonchev–Trinajstić information content (AvgIpc) is 0.803. The minimum atomic E-state index is -5.08. The van der Waals surface area contributed by atoms with Crippen LogP contribution in [0.3, 0.4) is 0 Å². The Balaban J connectivity index is -0.000000863. The van der Waals surface area contributed by atoms with Gasteiger partial charge in [0.1, 0.15) is 65.8 Å². The number of hydrogen-bond donors (Lipinski definition) is 9. The average molecular weight is 2180 g/mol. The van der Waals surface area contributed by atoms with Crippen molar-refractivity contribution >= 4 is 107 Å². The number of rotatable bonds is 49. The number of ketones is 1. The molecule has 3 aromatic rings. The molecule has 0 aromatic heterocycles. The first kappa shape index (κ1) is 141. The monoisotopic (exact) mass is 2180 g/mol. The van der Waals surface area contributed by atoms with Gasteiger partial charge >= 0.3 is 89.5 Å². The minimum absolute atomic E-state index is 0. The Morgan fingerprint density at radius 2 is 0.697 bits per heavy atom. The van der Waals surface area contributed by atoms with E-state index in [0.29, 0.717) is 58.3 Å². The third-order valence-corrected chi connectivity index (χ3v) is 19.9. The van der Waals surface area contributed by atoms with Crippen LogP contribution in [0.4, 0.5) is 27.6 Å². The molecule has 5 unspecified atom stereocenters. The fourth-order valence-corrected chi connectivity index (χ4v) is 13.1. The summed E-state index contributed by atoms with van der Waals surface area (Å²) in [5.74, 6) is -8.81. The number of benzene rings is 3. The van der Waals surface area contributed by atoms with Crippen LogP contribution >= 0.6 is 11.6 Å². The topological polar surface area (TPSA) is 562 Å². The minimum Gasteiger partial charge on any atom is -0.481 e. The van der Waals surface area contributed by atoms with Crippen LogP contribution in [0.1, 0.15) is 310 Å². The van der Waals surface area contributed by atoms with Gasteiger partial charge in [-0.3, -0.25) is 57.5 Å². The molecule has 145 heavy (non-hydrogen) atoms. The van der Waals surface area contributed by atoms with Crippen molar-refractivity contribution in [2.75, 3.05) is 33.0 Å². The van der Waals surface area contributed by atoms with Crippen LogP contribution in [-0.2, 0) is 164 Å². The van der Waals surface area contributed by atoms with Gasteiger partial charge in [0, 0.05) is 140 Å². The summed E-state index contributed by atoms with van der Waals surface area (Å²) in [5.41, 5.74) is 6.47. The molecule has 830 valence electrons. The van der Waals surface area contributed by atoms with Crippen LogP contribution in [0.5, 0.6) is 0 Å². The molecule has 1 aliphatic rings. The van der Waals surface area contributed by atoms with Crippen LogP contribution in [0.15, 0.2) is 91.0 Å². The summed E-state index contributed by atoms with van der Waals surface area (Å²) >= 11 is 4.97. The van der Waals surface area contributed by atoms with Gasteiger partial charge in [0.2, 0.25) is 5.91 Å². The quantitative estimate of drug-likeness (QED) is 0.00633. The predicted octanol–water partition coefficient (Wildman–Crippen LogP) is 17.1. The number of hydrogen-bond acceptors (Lipinski definition) is 31. The molecule has 0 spiro atoms. The van der Waals surface area contributed by atoms with Gasteiger partial charge in [0.25, 0.3) is 0 Å². The molecule has 3 aromatic carbocycles. The second-order valence-corrected chi connectivity index (χ2v) is 40.4. The van der Waals surface area contributed by atoms with Crippen molar-refractivity contribution in [2.45, 2.75) is 388 Å². The first-order valence-corrected chi connectivity index (χ1v) is 47.5. The zero-order chi connectivity index (χ0) is 110. The van der Waals surface area contributed by atoms with Crippen LogP contribution in [-0.4, -0.2) is 223 Å². The molecular formula is C102H160ClF3N5O33Pd-. The molecule has 5 atom stereocenters. The van der Waals surface area contributed by atoms with E-state index in [2.05, 4.69) is 20.7 Å². The number of ether oxygens (including phenoxy) is 13. The van der Waals surface area contributed by atoms with Crippen LogP contribution in [0.25, 0.3) is 0 Å². The van der Waals surface area contributed by atoms with E-state index < -0.39 is 122 Å². The number of amides is 3. The molecule has 1 heterocycles. The number of alkyl carbamates (subject to hydrolysis) is 2. The molecule has 1 saturated heterocycles. The van der Waals surface area contributed by atoms with Crippen molar-refractivity contribution in [3.05, 3.63) is 115 Å². The Hall–Kier alpha value is -10.5. The van der Waals surface area contributed by atoms with Crippen molar-refractivity contribution in [2.24, 2.45) is 23.3 Å². The third-order valence-electron chi connectivity index (χ3n) is 19.8. The number of carboxylic acid groups (broad SMARTS) is 4. The first-order chi connectivity index (χ1) is 65.8. The normalized spacial score (nSPS) is 14.6. The van der Waals surface area contributed by atoms with Crippen LogP contribution in [0.2, 0.25) is 0 Å². The van der Waals surface area contributed by atoms with Crippen molar-refractivity contribution < 1.29 is 192 Å². The predicted molar refractivity (Wildman–Crippen MR) is 526 cm³/mol. The summed E-state index contributed by atoms with van der Waals surface area (Å²) < 4.78 is 102. The van der Waals surface area contributed by atoms with Gasteiger partial charge in [-0.1, -0.05) is 105 Å². The Morgan fingerprint density at radius 1 is 0.407 bits per heavy atom. The fraction of sp³-hybridized carbons (Fsp3) is 0.657. The number of carbonyl (C=O) groups is 16. The summed E-state index contributed by atoms with van der Waals surface area (Å²) in [5, 5.41) is 42.2. The Kier molecular flexibility index (Phi) is 68.3. The largest absolute Gasteiger partial charge is 0.490 e. The zero-order valence-corrected chi connectivity index (χ0v) is 90.7. The van der Waals surface area contributed by atoms with Crippen molar-refractivity contribution in [3.8, 4) is 0 Å². The molecular weight excluding hydrogens is 2020 g/mol. The first-order valence-electron chi connectivity index (χ1n) is 47.2. The van der Waals surface area contributed by atoms with E-state index >= 15 is 0 Å². The van der Waals surface area contributed by atoms with Crippen LogP contribution in [0, 0.1) is 19.3 Å². The van der Waals surface area contributed by atoms with E-state index in [1.807, 2.05) is 74.5 Å². The van der Waals surface area contributed by atoms with E-state index in [0.717, 1.165) is 23.1 Å². The van der Waals surface area contributed by atoms with Gasteiger partial charge in [-0.25, -0.2) is 19.2 Å². The number of nitrogens with two attached hydrogens (primary N) is 2. The van der Waals surface area contributed by atoms with E-state index in [9.17, 15) is 85.1 Å². The molecule has 0 aliphatic carbocycles. The van der Waals surface area contributed by atoms with Crippen LogP contribution < -0.4 is 27.4 Å². The Bertz CT molecular complexity index is 4170. The molecule has 4 rings (SSSR count). The molecule has 1 fully saturated rings. The Labute approximate surface area is 869 Å². The van der Waals surface area contributed by atoms with Crippen molar-refractivity contribution in [1.29, 1.82) is 0 Å². The molecule has 11 N–H and O–H groups in total. The maximum atomic E-state index is 13.0. The molecule has 43 heteroatoms.